The Balaban J connectivity index is 1.65. The van der Waals surface area contributed by atoms with Crippen molar-refractivity contribution in [2.75, 3.05) is 5.32 Å². The predicted octanol–water partition coefficient (Wildman–Crippen LogP) is 6.75. The fourth-order valence-corrected chi connectivity index (χ4v) is 3.10. The van der Waals surface area contributed by atoms with Gasteiger partial charge in [-0.3, -0.25) is 0 Å². The Morgan fingerprint density at radius 1 is 0.885 bits per heavy atom. The van der Waals surface area contributed by atoms with E-state index in [9.17, 15) is 0 Å². The Morgan fingerprint density at radius 2 is 1.65 bits per heavy atom. The number of ether oxygens (including phenoxy) is 1. The molecule has 0 atom stereocenters. The van der Waals surface area contributed by atoms with Gasteiger partial charge in [-0.25, -0.2) is 0 Å². The van der Waals surface area contributed by atoms with E-state index in [1.807, 2.05) is 30.3 Å². The molecular weight excluding hydrogens is 365 g/mol. The predicted molar refractivity (Wildman–Crippen MR) is 110 cm³/mol. The maximum Gasteiger partial charge on any atom is 0.124 e. The van der Waals surface area contributed by atoms with Crippen molar-refractivity contribution in [3.8, 4) is 5.75 Å². The molecule has 3 rings (SSSR count). The summed E-state index contributed by atoms with van der Waals surface area (Å²) in [7, 11) is 0. The molecule has 0 saturated heterocycles. The van der Waals surface area contributed by atoms with Gasteiger partial charge in [0.15, 0.2) is 0 Å². The normalized spacial score (nSPS) is 10.6. The topological polar surface area (TPSA) is 21.3 Å². The molecule has 0 aliphatic rings. The van der Waals surface area contributed by atoms with Gasteiger partial charge in [-0.1, -0.05) is 66.5 Å². The lowest BCUT2D eigenvalue weighted by Crippen LogP contribution is -2.04. The molecule has 2 nitrogen and oxygen atoms in total. The monoisotopic (exact) mass is 385 g/mol. The summed E-state index contributed by atoms with van der Waals surface area (Å²) >= 11 is 12.2. The zero-order valence-electron chi connectivity index (χ0n) is 14.6. The summed E-state index contributed by atoms with van der Waals surface area (Å²) in [6.45, 7) is 3.25. The van der Waals surface area contributed by atoms with E-state index in [1.165, 1.54) is 5.56 Å². The average molecular weight is 386 g/mol. The Labute approximate surface area is 164 Å². The molecule has 1 N–H and O–H groups in total. The maximum atomic E-state index is 6.22. The average Bonchev–Trinajstić information content (AvgIpc) is 2.67. The van der Waals surface area contributed by atoms with Gasteiger partial charge in [0.05, 0.1) is 0 Å². The molecule has 3 aromatic carbocycles. The summed E-state index contributed by atoms with van der Waals surface area (Å²) in [5, 5.41) is 4.68. The van der Waals surface area contributed by atoms with Crippen LogP contribution in [0.4, 0.5) is 5.69 Å². The van der Waals surface area contributed by atoms with Crippen molar-refractivity contribution in [1.82, 2.24) is 0 Å². The molecule has 0 aliphatic heterocycles. The highest BCUT2D eigenvalue weighted by molar-refractivity contribution is 6.35. The molecule has 0 aromatic heterocycles. The van der Waals surface area contributed by atoms with Gasteiger partial charge >= 0.3 is 0 Å². The van der Waals surface area contributed by atoms with Crippen molar-refractivity contribution >= 4 is 28.9 Å². The minimum Gasteiger partial charge on any atom is -0.488 e. The van der Waals surface area contributed by atoms with Crippen molar-refractivity contribution < 1.29 is 4.74 Å². The van der Waals surface area contributed by atoms with Crippen LogP contribution in [0.15, 0.2) is 66.7 Å². The standard InChI is InChI=1S/C22H21Cl2NO/c1-2-16-7-11-20(12-8-16)25-14-17-5-3-4-6-22(17)26-15-18-9-10-19(23)13-21(18)24/h3-13,25H,2,14-15H2,1H3. The second-order valence-corrected chi connectivity index (χ2v) is 6.88. The largest absolute Gasteiger partial charge is 0.488 e. The second-order valence-electron chi connectivity index (χ2n) is 6.04. The van der Waals surface area contributed by atoms with Gasteiger partial charge in [0.2, 0.25) is 0 Å². The lowest BCUT2D eigenvalue weighted by molar-refractivity contribution is 0.303. The minimum atomic E-state index is 0.401. The lowest BCUT2D eigenvalue weighted by atomic mass is 10.1. The third-order valence-electron chi connectivity index (χ3n) is 4.22. The number of para-hydroxylation sites is 1. The first-order valence-electron chi connectivity index (χ1n) is 8.63. The number of rotatable bonds is 7. The molecule has 0 bridgehead atoms. The van der Waals surface area contributed by atoms with E-state index in [0.29, 0.717) is 23.2 Å². The highest BCUT2D eigenvalue weighted by Crippen LogP contribution is 2.25. The first-order valence-corrected chi connectivity index (χ1v) is 9.38. The summed E-state index contributed by atoms with van der Waals surface area (Å²) in [4.78, 5) is 0. The van der Waals surface area contributed by atoms with Crippen molar-refractivity contribution in [3.05, 3.63) is 93.5 Å². The molecule has 0 spiro atoms. The minimum absolute atomic E-state index is 0.401. The number of nitrogens with one attached hydrogen (secondary N) is 1. The van der Waals surface area contributed by atoms with Crippen molar-refractivity contribution in [3.63, 3.8) is 0 Å². The SMILES string of the molecule is CCc1ccc(NCc2ccccc2OCc2ccc(Cl)cc2Cl)cc1. The highest BCUT2D eigenvalue weighted by Gasteiger charge is 2.06. The summed E-state index contributed by atoms with van der Waals surface area (Å²) in [6, 6.07) is 22.0. The van der Waals surface area contributed by atoms with E-state index in [-0.39, 0.29) is 0 Å². The van der Waals surface area contributed by atoms with Crippen LogP contribution in [0.2, 0.25) is 10.0 Å². The van der Waals surface area contributed by atoms with Gasteiger partial charge in [0, 0.05) is 33.4 Å². The van der Waals surface area contributed by atoms with Gasteiger partial charge in [-0.2, -0.15) is 0 Å². The van der Waals surface area contributed by atoms with Crippen molar-refractivity contribution in [1.29, 1.82) is 0 Å². The van der Waals surface area contributed by atoms with Crippen LogP contribution < -0.4 is 10.1 Å². The molecule has 3 aromatic rings. The van der Waals surface area contributed by atoms with Gasteiger partial charge in [0.1, 0.15) is 12.4 Å². The van der Waals surface area contributed by atoms with Crippen molar-refractivity contribution in [2.24, 2.45) is 0 Å². The van der Waals surface area contributed by atoms with E-state index in [0.717, 1.165) is 29.0 Å². The fourth-order valence-electron chi connectivity index (χ4n) is 2.64. The van der Waals surface area contributed by atoms with E-state index in [1.54, 1.807) is 6.07 Å². The molecule has 134 valence electrons. The summed E-state index contributed by atoms with van der Waals surface area (Å²) in [5.41, 5.74) is 4.43. The first kappa shape index (κ1) is 18.6. The Morgan fingerprint density at radius 3 is 2.38 bits per heavy atom. The summed E-state index contributed by atoms with van der Waals surface area (Å²) < 4.78 is 6.00. The molecule has 0 heterocycles. The van der Waals surface area contributed by atoms with Crippen LogP contribution >= 0.6 is 23.2 Å². The number of halogens is 2. The second kappa shape index (κ2) is 8.98. The van der Waals surface area contributed by atoms with Gasteiger partial charge in [-0.15, -0.1) is 0 Å². The summed E-state index contributed by atoms with van der Waals surface area (Å²) in [6.07, 6.45) is 1.05. The number of benzene rings is 3. The number of hydrogen-bond donors (Lipinski definition) is 1. The molecule has 0 fully saturated rings. The van der Waals surface area contributed by atoms with Crippen LogP contribution in [0.5, 0.6) is 5.75 Å². The van der Waals surface area contributed by atoms with Crippen LogP contribution in [0, 0.1) is 0 Å². The molecule has 0 amide bonds. The molecule has 0 unspecified atom stereocenters. The third kappa shape index (κ3) is 4.94. The summed E-state index contributed by atoms with van der Waals surface area (Å²) in [5.74, 6) is 0.844. The van der Waals surface area contributed by atoms with Crippen LogP contribution in [-0.4, -0.2) is 0 Å². The number of aryl methyl sites for hydroxylation is 1. The van der Waals surface area contributed by atoms with Crippen LogP contribution in [-0.2, 0) is 19.6 Å². The Bertz CT molecular complexity index is 862. The maximum absolute atomic E-state index is 6.22. The smallest absolute Gasteiger partial charge is 0.124 e. The lowest BCUT2D eigenvalue weighted by Gasteiger charge is -2.14. The molecule has 0 aliphatic carbocycles. The molecular formula is C22H21Cl2NO. The van der Waals surface area contributed by atoms with E-state index in [2.05, 4.69) is 42.6 Å². The van der Waals surface area contributed by atoms with Crippen LogP contribution in [0.25, 0.3) is 0 Å². The zero-order valence-corrected chi connectivity index (χ0v) is 16.1. The number of hydrogen-bond acceptors (Lipinski definition) is 2. The number of anilines is 1. The fraction of sp³-hybridized carbons (Fsp3) is 0.182. The van der Waals surface area contributed by atoms with Crippen LogP contribution in [0.3, 0.4) is 0 Å². The molecule has 26 heavy (non-hydrogen) atoms. The first-order chi connectivity index (χ1) is 12.7. The van der Waals surface area contributed by atoms with E-state index < -0.39 is 0 Å². The van der Waals surface area contributed by atoms with Crippen LogP contribution in [0.1, 0.15) is 23.6 Å². The zero-order chi connectivity index (χ0) is 18.4. The third-order valence-corrected chi connectivity index (χ3v) is 4.80. The van der Waals surface area contributed by atoms with E-state index >= 15 is 0 Å². The highest BCUT2D eigenvalue weighted by atomic mass is 35.5. The van der Waals surface area contributed by atoms with Gasteiger partial charge in [0.25, 0.3) is 0 Å². The molecule has 4 heteroatoms. The molecule has 0 radical (unpaired) electrons. The Kier molecular flexibility index (Phi) is 6.43. The van der Waals surface area contributed by atoms with Gasteiger partial charge < -0.3 is 10.1 Å². The van der Waals surface area contributed by atoms with E-state index in [4.69, 9.17) is 27.9 Å². The van der Waals surface area contributed by atoms with Crippen molar-refractivity contribution in [2.45, 2.75) is 26.5 Å². The molecule has 0 saturated carbocycles. The quantitative estimate of drug-likeness (QED) is 0.485. The van der Waals surface area contributed by atoms with Gasteiger partial charge in [-0.05, 0) is 42.3 Å². The Hall–Kier alpha value is -2.16.